The number of aliphatic hydroxyl groups excluding tert-OH is 1. The van der Waals surface area contributed by atoms with Crippen molar-refractivity contribution in [2.45, 2.75) is 6.92 Å². The molecule has 1 rings (SSSR count). The molecule has 0 spiro atoms. The zero-order chi connectivity index (χ0) is 16.9. The Labute approximate surface area is 125 Å². The summed E-state index contributed by atoms with van der Waals surface area (Å²) in [7, 11) is 1.17. The maximum absolute atomic E-state index is 13.7. The van der Waals surface area contributed by atoms with E-state index >= 15 is 0 Å². The van der Waals surface area contributed by atoms with Gasteiger partial charge in [-0.3, -0.25) is 9.59 Å². The van der Waals surface area contributed by atoms with E-state index in [0.717, 1.165) is 11.0 Å². The molecule has 0 saturated carbocycles. The van der Waals surface area contributed by atoms with Crippen LogP contribution in [0.4, 0.5) is 13.2 Å². The largest absolute Gasteiger partial charge is 0.469 e. The van der Waals surface area contributed by atoms with Gasteiger partial charge in [-0.1, -0.05) is 6.92 Å². The number of methoxy groups -OCH3 is 1. The van der Waals surface area contributed by atoms with Crippen LogP contribution in [-0.4, -0.2) is 48.7 Å². The number of hydrogen-bond acceptors (Lipinski definition) is 4. The van der Waals surface area contributed by atoms with Crippen LogP contribution in [0.2, 0.25) is 0 Å². The van der Waals surface area contributed by atoms with Crippen molar-refractivity contribution in [3.05, 3.63) is 35.1 Å². The molecule has 1 atom stereocenters. The second-order valence-electron chi connectivity index (χ2n) is 4.62. The van der Waals surface area contributed by atoms with Crippen molar-refractivity contribution in [3.63, 3.8) is 0 Å². The van der Waals surface area contributed by atoms with Crippen molar-refractivity contribution < 1.29 is 32.6 Å². The van der Waals surface area contributed by atoms with Crippen molar-refractivity contribution in [1.29, 1.82) is 0 Å². The van der Waals surface area contributed by atoms with Crippen LogP contribution in [0.15, 0.2) is 12.1 Å². The molecule has 0 saturated heterocycles. The normalized spacial score (nSPS) is 11.9. The third kappa shape index (κ3) is 3.97. The Kier molecular flexibility index (Phi) is 6.36. The first-order valence-electron chi connectivity index (χ1n) is 6.44. The molecule has 0 radical (unpaired) electrons. The number of benzene rings is 1. The second kappa shape index (κ2) is 7.79. The second-order valence-corrected chi connectivity index (χ2v) is 4.62. The number of amides is 1. The van der Waals surface area contributed by atoms with Gasteiger partial charge in [0.2, 0.25) is 0 Å². The minimum Gasteiger partial charge on any atom is -0.469 e. The number of hydrogen-bond donors (Lipinski definition) is 1. The van der Waals surface area contributed by atoms with Crippen LogP contribution in [0.5, 0.6) is 0 Å². The Morgan fingerprint density at radius 2 is 1.91 bits per heavy atom. The summed E-state index contributed by atoms with van der Waals surface area (Å²) in [6, 6.07) is 1.44. The van der Waals surface area contributed by atoms with E-state index in [9.17, 15) is 22.8 Å². The van der Waals surface area contributed by atoms with Crippen LogP contribution >= 0.6 is 0 Å². The number of rotatable bonds is 6. The molecule has 0 aliphatic carbocycles. The lowest BCUT2D eigenvalue weighted by molar-refractivity contribution is -0.145. The SMILES string of the molecule is COC(=O)C(C)CN(CCO)C(=O)c1ccc(F)c(F)c1F. The van der Waals surface area contributed by atoms with Gasteiger partial charge in [0.05, 0.1) is 25.2 Å². The molecule has 22 heavy (non-hydrogen) atoms. The van der Waals surface area contributed by atoms with E-state index in [1.54, 1.807) is 0 Å². The Balaban J connectivity index is 3.04. The quantitative estimate of drug-likeness (QED) is 0.635. The summed E-state index contributed by atoms with van der Waals surface area (Å²) in [5.74, 6) is -7.06. The van der Waals surface area contributed by atoms with Crippen LogP contribution < -0.4 is 0 Å². The topological polar surface area (TPSA) is 66.8 Å². The first-order chi connectivity index (χ1) is 10.3. The molecule has 0 aliphatic rings. The van der Waals surface area contributed by atoms with Crippen LogP contribution in [-0.2, 0) is 9.53 Å². The molecule has 0 aromatic heterocycles. The van der Waals surface area contributed by atoms with Gasteiger partial charge in [0.1, 0.15) is 0 Å². The highest BCUT2D eigenvalue weighted by Crippen LogP contribution is 2.17. The minimum atomic E-state index is -1.75. The van der Waals surface area contributed by atoms with Crippen LogP contribution in [0, 0.1) is 23.4 Å². The van der Waals surface area contributed by atoms with E-state index in [-0.39, 0.29) is 13.1 Å². The highest BCUT2D eigenvalue weighted by atomic mass is 19.2. The maximum atomic E-state index is 13.7. The Morgan fingerprint density at radius 3 is 2.45 bits per heavy atom. The molecule has 1 unspecified atom stereocenters. The lowest BCUT2D eigenvalue weighted by Crippen LogP contribution is -2.39. The molecule has 0 fully saturated rings. The number of ether oxygens (including phenoxy) is 1. The summed E-state index contributed by atoms with van der Waals surface area (Å²) in [5.41, 5.74) is -0.676. The Bertz CT molecular complexity index is 565. The molecule has 5 nitrogen and oxygen atoms in total. The Hall–Kier alpha value is -2.09. The molecular formula is C14H16F3NO4. The number of carbonyl (C=O) groups is 2. The third-order valence-corrected chi connectivity index (χ3v) is 3.02. The van der Waals surface area contributed by atoms with Crippen molar-refractivity contribution in [2.24, 2.45) is 5.92 Å². The van der Waals surface area contributed by atoms with Gasteiger partial charge in [0, 0.05) is 13.1 Å². The summed E-state index contributed by atoms with van der Waals surface area (Å²) >= 11 is 0. The van der Waals surface area contributed by atoms with E-state index in [2.05, 4.69) is 4.74 Å². The van der Waals surface area contributed by atoms with Crippen molar-refractivity contribution in [2.75, 3.05) is 26.8 Å². The fourth-order valence-corrected chi connectivity index (χ4v) is 1.86. The molecule has 0 bridgehead atoms. The summed E-state index contributed by atoms with van der Waals surface area (Å²) in [6.07, 6.45) is 0. The molecule has 8 heteroatoms. The highest BCUT2D eigenvalue weighted by molar-refractivity contribution is 5.94. The zero-order valence-electron chi connectivity index (χ0n) is 12.1. The molecule has 0 heterocycles. The van der Waals surface area contributed by atoms with Crippen LogP contribution in [0.1, 0.15) is 17.3 Å². The molecule has 0 aliphatic heterocycles. The third-order valence-electron chi connectivity index (χ3n) is 3.02. The fraction of sp³-hybridized carbons (Fsp3) is 0.429. The molecule has 1 aromatic rings. The van der Waals surface area contributed by atoms with Gasteiger partial charge in [-0.15, -0.1) is 0 Å². The van der Waals surface area contributed by atoms with Gasteiger partial charge < -0.3 is 14.7 Å². The molecule has 122 valence electrons. The average Bonchev–Trinajstić information content (AvgIpc) is 2.50. The number of aliphatic hydroxyl groups is 1. The lowest BCUT2D eigenvalue weighted by atomic mass is 10.1. The van der Waals surface area contributed by atoms with Crippen molar-refractivity contribution in [3.8, 4) is 0 Å². The van der Waals surface area contributed by atoms with Gasteiger partial charge in [-0.25, -0.2) is 13.2 Å². The molecular weight excluding hydrogens is 303 g/mol. The maximum Gasteiger partial charge on any atom is 0.310 e. The number of nitrogens with zero attached hydrogens (tertiary/aromatic N) is 1. The van der Waals surface area contributed by atoms with E-state index in [0.29, 0.717) is 6.07 Å². The van der Waals surface area contributed by atoms with Gasteiger partial charge in [0.15, 0.2) is 17.5 Å². The van der Waals surface area contributed by atoms with Gasteiger partial charge in [-0.2, -0.15) is 0 Å². The molecule has 1 amide bonds. The fourth-order valence-electron chi connectivity index (χ4n) is 1.86. The highest BCUT2D eigenvalue weighted by Gasteiger charge is 2.26. The summed E-state index contributed by atoms with van der Waals surface area (Å²) in [5, 5.41) is 8.97. The summed E-state index contributed by atoms with van der Waals surface area (Å²) in [4.78, 5) is 24.5. The van der Waals surface area contributed by atoms with Crippen molar-refractivity contribution in [1.82, 2.24) is 4.90 Å². The lowest BCUT2D eigenvalue weighted by Gasteiger charge is -2.24. The minimum absolute atomic E-state index is 0.162. The first-order valence-corrected chi connectivity index (χ1v) is 6.44. The predicted octanol–water partition coefficient (Wildman–Crippen LogP) is 1.35. The van der Waals surface area contributed by atoms with Crippen molar-refractivity contribution >= 4 is 11.9 Å². The van der Waals surface area contributed by atoms with E-state index in [4.69, 9.17) is 5.11 Å². The molecule has 1 aromatic carbocycles. The summed E-state index contributed by atoms with van der Waals surface area (Å²) in [6.45, 7) is 0.680. The van der Waals surface area contributed by atoms with Crippen LogP contribution in [0.3, 0.4) is 0 Å². The van der Waals surface area contributed by atoms with Crippen LogP contribution in [0.25, 0.3) is 0 Å². The van der Waals surface area contributed by atoms with E-state index in [1.807, 2.05) is 0 Å². The Morgan fingerprint density at radius 1 is 1.27 bits per heavy atom. The predicted molar refractivity (Wildman–Crippen MR) is 70.5 cm³/mol. The average molecular weight is 319 g/mol. The van der Waals surface area contributed by atoms with Gasteiger partial charge >= 0.3 is 5.97 Å². The number of esters is 1. The number of carbonyl (C=O) groups excluding carboxylic acids is 2. The monoisotopic (exact) mass is 319 g/mol. The molecule has 1 N–H and O–H groups in total. The van der Waals surface area contributed by atoms with E-state index < -0.39 is 47.4 Å². The van der Waals surface area contributed by atoms with Gasteiger partial charge in [0.25, 0.3) is 5.91 Å². The smallest absolute Gasteiger partial charge is 0.310 e. The standard InChI is InChI=1S/C14H16F3NO4/c1-8(14(21)22-2)7-18(5-6-19)13(20)9-3-4-10(15)12(17)11(9)16/h3-4,8,19H,5-7H2,1-2H3. The summed E-state index contributed by atoms with van der Waals surface area (Å²) < 4.78 is 44.3. The van der Waals surface area contributed by atoms with E-state index in [1.165, 1.54) is 14.0 Å². The first kappa shape index (κ1) is 18.0. The zero-order valence-corrected chi connectivity index (χ0v) is 12.1. The number of halogens is 3. The van der Waals surface area contributed by atoms with Gasteiger partial charge in [-0.05, 0) is 12.1 Å².